The summed E-state index contributed by atoms with van der Waals surface area (Å²) in [5.74, 6) is 0.931. The van der Waals surface area contributed by atoms with Crippen LogP contribution in [0.1, 0.15) is 22.4 Å². The number of aromatic nitrogens is 3. The molecule has 4 rings (SSSR count). The van der Waals surface area contributed by atoms with Gasteiger partial charge in [-0.2, -0.15) is 5.26 Å². The van der Waals surface area contributed by atoms with Crippen molar-refractivity contribution in [2.45, 2.75) is 19.9 Å². The fraction of sp³-hybridized carbons (Fsp3) is 0.136. The van der Waals surface area contributed by atoms with Gasteiger partial charge in [-0.1, -0.05) is 24.3 Å². The second kappa shape index (κ2) is 6.93. The molecule has 0 fully saturated rings. The number of anilines is 1. The molecule has 1 aromatic carbocycles. The first-order valence-corrected chi connectivity index (χ1v) is 8.82. The van der Waals surface area contributed by atoms with Gasteiger partial charge in [0.2, 0.25) is 0 Å². The third-order valence-electron chi connectivity index (χ3n) is 4.74. The SMILES string of the molecule is C=CCc1c(C)c(C#N)c2nc3ccccc3n2c1NCc1ccccn1. The van der Waals surface area contributed by atoms with Crippen molar-refractivity contribution in [2.24, 2.45) is 0 Å². The van der Waals surface area contributed by atoms with Gasteiger partial charge < -0.3 is 5.32 Å². The summed E-state index contributed by atoms with van der Waals surface area (Å²) in [5.41, 5.74) is 6.04. The lowest BCUT2D eigenvalue weighted by molar-refractivity contribution is 0.999. The Morgan fingerprint density at radius 2 is 2.04 bits per heavy atom. The second-order valence-corrected chi connectivity index (χ2v) is 6.37. The summed E-state index contributed by atoms with van der Waals surface area (Å²) >= 11 is 0. The predicted octanol–water partition coefficient (Wildman–Crippen LogP) is 4.40. The average Bonchev–Trinajstić information content (AvgIpc) is 3.08. The van der Waals surface area contributed by atoms with Crippen LogP contribution in [0.25, 0.3) is 16.7 Å². The summed E-state index contributed by atoms with van der Waals surface area (Å²) in [6, 6.07) is 16.1. The minimum atomic E-state index is 0.581. The molecule has 0 bridgehead atoms. The van der Waals surface area contributed by atoms with Crippen molar-refractivity contribution >= 4 is 22.5 Å². The van der Waals surface area contributed by atoms with Gasteiger partial charge in [0, 0.05) is 11.8 Å². The standard InChI is InChI=1S/C22H19N5/c1-3-8-17-15(2)18(13-23)22-26-19-10-4-5-11-20(19)27(22)21(17)25-14-16-9-6-7-12-24-16/h3-7,9-12,25H,1,8,14H2,2H3. The van der Waals surface area contributed by atoms with Crippen molar-refractivity contribution < 1.29 is 0 Å². The van der Waals surface area contributed by atoms with Crippen LogP contribution in [0.4, 0.5) is 5.82 Å². The number of nitrogens with one attached hydrogen (secondary N) is 1. The van der Waals surface area contributed by atoms with Crippen LogP contribution in [0.3, 0.4) is 0 Å². The van der Waals surface area contributed by atoms with E-state index < -0.39 is 0 Å². The summed E-state index contributed by atoms with van der Waals surface area (Å²) in [6.45, 7) is 6.45. The Labute approximate surface area is 157 Å². The van der Waals surface area contributed by atoms with Gasteiger partial charge in [-0.15, -0.1) is 6.58 Å². The maximum absolute atomic E-state index is 9.77. The Kier molecular flexibility index (Phi) is 4.31. The Balaban J connectivity index is 2.00. The lowest BCUT2D eigenvalue weighted by Gasteiger charge is -2.18. The number of nitriles is 1. The molecule has 5 nitrogen and oxygen atoms in total. The van der Waals surface area contributed by atoms with E-state index in [0.29, 0.717) is 24.2 Å². The summed E-state index contributed by atoms with van der Waals surface area (Å²) in [5, 5.41) is 13.3. The molecule has 3 aromatic heterocycles. The van der Waals surface area contributed by atoms with Gasteiger partial charge in [0.25, 0.3) is 0 Å². The molecule has 0 atom stereocenters. The number of pyridine rings is 2. The lowest BCUT2D eigenvalue weighted by atomic mass is 10.0. The van der Waals surface area contributed by atoms with E-state index in [9.17, 15) is 5.26 Å². The first kappa shape index (κ1) is 16.8. The van der Waals surface area contributed by atoms with Gasteiger partial charge in [0.15, 0.2) is 5.65 Å². The molecular formula is C22H19N5. The molecule has 132 valence electrons. The van der Waals surface area contributed by atoms with E-state index in [2.05, 4.69) is 22.9 Å². The van der Waals surface area contributed by atoms with Crippen molar-refractivity contribution in [1.29, 1.82) is 5.26 Å². The highest BCUT2D eigenvalue weighted by Gasteiger charge is 2.19. The van der Waals surface area contributed by atoms with Crippen molar-refractivity contribution in [3.05, 3.63) is 83.7 Å². The molecule has 0 spiro atoms. The number of allylic oxidation sites excluding steroid dienone is 1. The van der Waals surface area contributed by atoms with Gasteiger partial charge in [-0.3, -0.25) is 9.38 Å². The van der Waals surface area contributed by atoms with E-state index in [1.54, 1.807) is 6.20 Å². The molecule has 0 saturated heterocycles. The fourth-order valence-corrected chi connectivity index (χ4v) is 3.44. The zero-order chi connectivity index (χ0) is 18.8. The van der Waals surface area contributed by atoms with E-state index >= 15 is 0 Å². The quantitative estimate of drug-likeness (QED) is 0.540. The molecule has 4 aromatic rings. The van der Waals surface area contributed by atoms with Crippen LogP contribution >= 0.6 is 0 Å². The minimum absolute atomic E-state index is 0.581. The Morgan fingerprint density at radius 1 is 1.22 bits per heavy atom. The van der Waals surface area contributed by atoms with E-state index in [-0.39, 0.29) is 0 Å². The lowest BCUT2D eigenvalue weighted by Crippen LogP contribution is -2.11. The van der Waals surface area contributed by atoms with E-state index in [1.807, 2.05) is 59.9 Å². The molecule has 5 heteroatoms. The average molecular weight is 353 g/mol. The highest BCUT2D eigenvalue weighted by Crippen LogP contribution is 2.31. The van der Waals surface area contributed by atoms with Gasteiger partial charge in [0.05, 0.1) is 28.8 Å². The first-order valence-electron chi connectivity index (χ1n) is 8.82. The fourth-order valence-electron chi connectivity index (χ4n) is 3.44. The Hall–Kier alpha value is -3.65. The molecule has 0 amide bonds. The number of para-hydroxylation sites is 2. The number of imidazole rings is 1. The zero-order valence-corrected chi connectivity index (χ0v) is 15.1. The summed E-state index contributed by atoms with van der Waals surface area (Å²) < 4.78 is 2.04. The van der Waals surface area contributed by atoms with Crippen LogP contribution in [0, 0.1) is 18.3 Å². The van der Waals surface area contributed by atoms with Crippen LogP contribution in [-0.4, -0.2) is 14.4 Å². The normalized spacial score (nSPS) is 10.8. The highest BCUT2D eigenvalue weighted by atomic mass is 15.1. The monoisotopic (exact) mass is 353 g/mol. The van der Waals surface area contributed by atoms with Crippen LogP contribution in [-0.2, 0) is 13.0 Å². The summed E-state index contributed by atoms with van der Waals surface area (Å²) in [7, 11) is 0. The highest BCUT2D eigenvalue weighted by molar-refractivity contribution is 5.86. The topological polar surface area (TPSA) is 66.0 Å². The summed E-state index contributed by atoms with van der Waals surface area (Å²) in [6.07, 6.45) is 4.31. The van der Waals surface area contributed by atoms with E-state index in [4.69, 9.17) is 4.98 Å². The van der Waals surface area contributed by atoms with E-state index in [1.165, 1.54) is 0 Å². The van der Waals surface area contributed by atoms with Crippen molar-refractivity contribution in [3.8, 4) is 6.07 Å². The van der Waals surface area contributed by atoms with Crippen molar-refractivity contribution in [1.82, 2.24) is 14.4 Å². The molecule has 0 saturated carbocycles. The maximum atomic E-state index is 9.77. The van der Waals surface area contributed by atoms with Crippen LogP contribution < -0.4 is 5.32 Å². The summed E-state index contributed by atoms with van der Waals surface area (Å²) in [4.78, 5) is 9.12. The largest absolute Gasteiger partial charge is 0.365 e. The van der Waals surface area contributed by atoms with Gasteiger partial charge in [0.1, 0.15) is 11.9 Å². The smallest absolute Gasteiger partial charge is 0.157 e. The van der Waals surface area contributed by atoms with Gasteiger partial charge in [-0.25, -0.2) is 4.98 Å². The molecule has 0 radical (unpaired) electrons. The predicted molar refractivity (Wildman–Crippen MR) is 108 cm³/mol. The van der Waals surface area contributed by atoms with Gasteiger partial charge in [-0.05, 0) is 43.2 Å². The third-order valence-corrected chi connectivity index (χ3v) is 4.74. The zero-order valence-electron chi connectivity index (χ0n) is 15.1. The number of fused-ring (bicyclic) bond motifs is 3. The third kappa shape index (κ3) is 2.81. The van der Waals surface area contributed by atoms with Gasteiger partial charge >= 0.3 is 0 Å². The number of nitrogens with zero attached hydrogens (tertiary/aromatic N) is 4. The molecule has 27 heavy (non-hydrogen) atoms. The number of hydrogen-bond acceptors (Lipinski definition) is 4. The molecule has 3 heterocycles. The van der Waals surface area contributed by atoms with Crippen LogP contribution in [0.2, 0.25) is 0 Å². The molecule has 1 N–H and O–H groups in total. The molecule has 0 unspecified atom stereocenters. The minimum Gasteiger partial charge on any atom is -0.365 e. The Bertz CT molecular complexity index is 1180. The Morgan fingerprint density at radius 3 is 2.78 bits per heavy atom. The van der Waals surface area contributed by atoms with Crippen molar-refractivity contribution in [2.75, 3.05) is 5.32 Å². The number of rotatable bonds is 5. The molecule has 0 aliphatic heterocycles. The van der Waals surface area contributed by atoms with Crippen molar-refractivity contribution in [3.63, 3.8) is 0 Å². The van der Waals surface area contributed by atoms with Crippen LogP contribution in [0.5, 0.6) is 0 Å². The van der Waals surface area contributed by atoms with Crippen LogP contribution in [0.15, 0.2) is 61.3 Å². The number of benzene rings is 1. The molecule has 0 aliphatic rings. The molecular weight excluding hydrogens is 334 g/mol. The maximum Gasteiger partial charge on any atom is 0.157 e. The molecule has 0 aliphatic carbocycles. The first-order chi connectivity index (χ1) is 13.2. The number of hydrogen-bond donors (Lipinski definition) is 1. The van der Waals surface area contributed by atoms with E-state index in [0.717, 1.165) is 33.7 Å². The second-order valence-electron chi connectivity index (χ2n) is 6.37.